The molecule has 3 saturated heterocycles. The molecule has 3 aliphatic rings. The van der Waals surface area contributed by atoms with Gasteiger partial charge in [-0.1, -0.05) is 0 Å². The second kappa shape index (κ2) is 6.28. The highest BCUT2D eigenvalue weighted by Gasteiger charge is 2.44. The molecule has 3 rings (SSSR count). The summed E-state index contributed by atoms with van der Waals surface area (Å²) in [6.45, 7) is 2.86. The predicted molar refractivity (Wildman–Crippen MR) is 75.0 cm³/mol. The van der Waals surface area contributed by atoms with Crippen LogP contribution in [0.25, 0.3) is 0 Å². The molecule has 3 aliphatic heterocycles. The van der Waals surface area contributed by atoms with Crippen LogP contribution in [0.4, 0.5) is 0 Å². The molecule has 1 spiro atoms. The maximum atomic E-state index is 6.08. The molecule has 0 radical (unpaired) electrons. The Balaban J connectivity index is 1.64. The molecule has 0 bridgehead atoms. The van der Waals surface area contributed by atoms with E-state index < -0.39 is 0 Å². The average Bonchev–Trinajstić information content (AvgIpc) is 2.89. The molecule has 4 unspecified atom stereocenters. The van der Waals surface area contributed by atoms with Gasteiger partial charge < -0.3 is 14.2 Å². The van der Waals surface area contributed by atoms with Gasteiger partial charge in [0, 0.05) is 12.4 Å². The first-order valence-corrected chi connectivity index (χ1v) is 8.36. The fraction of sp³-hybridized carbons (Fsp3) is 1.00. The highest BCUT2D eigenvalue weighted by Crippen LogP contribution is 2.41. The van der Waals surface area contributed by atoms with E-state index >= 15 is 0 Å². The van der Waals surface area contributed by atoms with E-state index in [4.69, 9.17) is 20.1 Å². The third-order valence-electron chi connectivity index (χ3n) is 4.54. The zero-order valence-electron chi connectivity index (χ0n) is 11.3. The van der Waals surface area contributed by atoms with E-state index in [9.17, 15) is 0 Å². The van der Waals surface area contributed by atoms with Crippen molar-refractivity contribution in [2.24, 2.45) is 11.8 Å². The second-order valence-corrected chi connectivity index (χ2v) is 6.87. The normalized spacial score (nSPS) is 41.5. The highest BCUT2D eigenvalue weighted by molar-refractivity contribution is 7.99. The van der Waals surface area contributed by atoms with Gasteiger partial charge in [0.2, 0.25) is 0 Å². The van der Waals surface area contributed by atoms with Crippen molar-refractivity contribution in [3.8, 4) is 0 Å². The molecule has 0 amide bonds. The van der Waals surface area contributed by atoms with Gasteiger partial charge in [-0.2, -0.15) is 11.8 Å². The van der Waals surface area contributed by atoms with Crippen LogP contribution in [0.15, 0.2) is 0 Å². The molecule has 0 aromatic heterocycles. The summed E-state index contributed by atoms with van der Waals surface area (Å²) in [5.41, 5.74) is 3.08. The topological polar surface area (TPSA) is 65.7 Å². The first-order chi connectivity index (χ1) is 9.33. The maximum absolute atomic E-state index is 6.08. The molecule has 3 N–H and O–H groups in total. The van der Waals surface area contributed by atoms with Crippen LogP contribution in [0.5, 0.6) is 0 Å². The van der Waals surface area contributed by atoms with Crippen LogP contribution in [-0.4, -0.2) is 55.7 Å². The fourth-order valence-corrected chi connectivity index (χ4v) is 4.87. The minimum Gasteiger partial charge on any atom is -0.376 e. The minimum absolute atomic E-state index is 0.0768. The highest BCUT2D eigenvalue weighted by atomic mass is 32.2. The van der Waals surface area contributed by atoms with Gasteiger partial charge >= 0.3 is 0 Å². The largest absolute Gasteiger partial charge is 0.376 e. The number of thioether (sulfide) groups is 1. The Bertz CT molecular complexity index is 294. The van der Waals surface area contributed by atoms with Gasteiger partial charge in [-0.15, -0.1) is 0 Å². The van der Waals surface area contributed by atoms with Crippen molar-refractivity contribution in [3.05, 3.63) is 0 Å². The number of hydrogen-bond donors (Lipinski definition) is 2. The zero-order chi connectivity index (χ0) is 13.1. The SMILES string of the molecule is NNC(C1CCOC2(CCSC2)C1)C1COCCO1. The molecule has 3 fully saturated rings. The van der Waals surface area contributed by atoms with Crippen LogP contribution in [-0.2, 0) is 14.2 Å². The van der Waals surface area contributed by atoms with Crippen LogP contribution >= 0.6 is 11.8 Å². The molecule has 5 nitrogen and oxygen atoms in total. The Morgan fingerprint density at radius 1 is 1.32 bits per heavy atom. The summed E-state index contributed by atoms with van der Waals surface area (Å²) in [7, 11) is 0. The lowest BCUT2D eigenvalue weighted by Gasteiger charge is -2.43. The van der Waals surface area contributed by atoms with Gasteiger partial charge in [0.1, 0.15) is 0 Å². The van der Waals surface area contributed by atoms with Crippen molar-refractivity contribution in [1.29, 1.82) is 0 Å². The first-order valence-electron chi connectivity index (χ1n) is 7.20. The molecule has 0 aromatic carbocycles. The van der Waals surface area contributed by atoms with E-state index in [0.29, 0.717) is 25.7 Å². The van der Waals surface area contributed by atoms with E-state index in [1.807, 2.05) is 11.8 Å². The molecule has 19 heavy (non-hydrogen) atoms. The van der Waals surface area contributed by atoms with E-state index in [-0.39, 0.29) is 17.7 Å². The Hall–Kier alpha value is 0.150. The van der Waals surface area contributed by atoms with Crippen molar-refractivity contribution < 1.29 is 14.2 Å². The summed E-state index contributed by atoms with van der Waals surface area (Å²) in [5.74, 6) is 8.65. The van der Waals surface area contributed by atoms with Crippen molar-refractivity contribution in [2.75, 3.05) is 37.9 Å². The molecule has 110 valence electrons. The maximum Gasteiger partial charge on any atom is 0.0978 e. The Labute approximate surface area is 118 Å². The van der Waals surface area contributed by atoms with Crippen LogP contribution in [0, 0.1) is 5.92 Å². The number of rotatable bonds is 3. The van der Waals surface area contributed by atoms with Gasteiger partial charge in [0.05, 0.1) is 37.6 Å². The monoisotopic (exact) mass is 288 g/mol. The Morgan fingerprint density at radius 2 is 2.26 bits per heavy atom. The number of hydrogen-bond acceptors (Lipinski definition) is 6. The Kier molecular flexibility index (Phi) is 4.66. The van der Waals surface area contributed by atoms with Gasteiger partial charge in [0.15, 0.2) is 0 Å². The van der Waals surface area contributed by atoms with Gasteiger partial charge in [-0.05, 0) is 30.9 Å². The predicted octanol–water partition coefficient (Wildman–Crippen LogP) is 0.536. The number of nitrogens with two attached hydrogens (primary N) is 1. The summed E-state index contributed by atoms with van der Waals surface area (Å²) in [6, 6.07) is 0.173. The molecular formula is C13H24N2O3S. The lowest BCUT2D eigenvalue weighted by Crippen LogP contribution is -2.56. The van der Waals surface area contributed by atoms with Crippen LogP contribution in [0.1, 0.15) is 19.3 Å². The number of nitrogens with one attached hydrogen (secondary N) is 1. The van der Waals surface area contributed by atoms with E-state index in [1.54, 1.807) is 0 Å². The summed E-state index contributed by atoms with van der Waals surface area (Å²) < 4.78 is 17.4. The lowest BCUT2D eigenvalue weighted by molar-refractivity contribution is -0.131. The van der Waals surface area contributed by atoms with Crippen LogP contribution < -0.4 is 11.3 Å². The van der Waals surface area contributed by atoms with E-state index in [2.05, 4.69) is 5.43 Å². The summed E-state index contributed by atoms with van der Waals surface area (Å²) in [6.07, 6.45) is 3.40. The summed E-state index contributed by atoms with van der Waals surface area (Å²) >= 11 is 2.00. The van der Waals surface area contributed by atoms with Crippen LogP contribution in [0.2, 0.25) is 0 Å². The first kappa shape index (κ1) is 14.1. The number of ether oxygens (including phenoxy) is 3. The van der Waals surface area contributed by atoms with E-state index in [1.165, 1.54) is 12.2 Å². The van der Waals surface area contributed by atoms with Crippen molar-refractivity contribution in [2.45, 2.75) is 37.0 Å². The molecule has 0 saturated carbocycles. The van der Waals surface area contributed by atoms with Crippen molar-refractivity contribution in [3.63, 3.8) is 0 Å². The van der Waals surface area contributed by atoms with Crippen molar-refractivity contribution in [1.82, 2.24) is 5.43 Å². The lowest BCUT2D eigenvalue weighted by atomic mass is 9.79. The van der Waals surface area contributed by atoms with Gasteiger partial charge in [-0.3, -0.25) is 11.3 Å². The zero-order valence-corrected chi connectivity index (χ0v) is 12.1. The molecule has 0 aromatic rings. The molecule has 3 heterocycles. The standard InChI is InChI=1S/C13H24N2O3S/c14-15-12(11-8-16-4-5-17-11)10-1-3-18-13(7-10)2-6-19-9-13/h10-12,15H,1-9,14H2. The third kappa shape index (κ3) is 3.09. The summed E-state index contributed by atoms with van der Waals surface area (Å²) in [5, 5.41) is 0. The molecule has 0 aliphatic carbocycles. The molecule has 6 heteroatoms. The number of hydrazine groups is 1. The van der Waals surface area contributed by atoms with Gasteiger partial charge in [-0.25, -0.2) is 0 Å². The molecular weight excluding hydrogens is 264 g/mol. The minimum atomic E-state index is 0.0768. The van der Waals surface area contributed by atoms with Crippen molar-refractivity contribution >= 4 is 11.8 Å². The Morgan fingerprint density at radius 3 is 2.95 bits per heavy atom. The average molecular weight is 288 g/mol. The second-order valence-electron chi connectivity index (χ2n) is 5.76. The molecule has 4 atom stereocenters. The summed E-state index contributed by atoms with van der Waals surface area (Å²) in [4.78, 5) is 0. The van der Waals surface area contributed by atoms with Gasteiger partial charge in [0.25, 0.3) is 0 Å². The van der Waals surface area contributed by atoms with Crippen LogP contribution in [0.3, 0.4) is 0 Å². The smallest absolute Gasteiger partial charge is 0.0978 e. The third-order valence-corrected chi connectivity index (χ3v) is 5.76. The van der Waals surface area contributed by atoms with E-state index in [0.717, 1.165) is 25.2 Å². The fourth-order valence-electron chi connectivity index (χ4n) is 3.50. The quantitative estimate of drug-likeness (QED) is 0.583.